The summed E-state index contributed by atoms with van der Waals surface area (Å²) in [5, 5.41) is 2.00. The summed E-state index contributed by atoms with van der Waals surface area (Å²) in [6, 6.07) is 15.4. The Morgan fingerprint density at radius 1 is 0.897 bits per heavy atom. The summed E-state index contributed by atoms with van der Waals surface area (Å²) < 4.78 is 37.4. The number of carbonyl (C=O) groups is 1. The van der Waals surface area contributed by atoms with Crippen LogP contribution in [0, 0.1) is 0 Å². The number of amides is 1. The van der Waals surface area contributed by atoms with Gasteiger partial charge in [-0.15, -0.1) is 23.2 Å². The monoisotopic (exact) mass is 578 g/mol. The zero-order chi connectivity index (χ0) is 22.3. The smallest absolute Gasteiger partial charge is 0.348 e. The van der Waals surface area contributed by atoms with Crippen molar-refractivity contribution in [3.63, 3.8) is 0 Å². The molecular formula is C19H21Br2Cl2F3N2O. The largest absolute Gasteiger partial charge is 0.471 e. The van der Waals surface area contributed by atoms with Crippen molar-refractivity contribution in [3.05, 3.63) is 68.6 Å². The van der Waals surface area contributed by atoms with Gasteiger partial charge in [0.2, 0.25) is 0 Å². The molecular weight excluding hydrogens is 560 g/mol. The number of rotatable bonds is 5. The second-order valence-corrected chi connectivity index (χ2v) is 8.04. The average molecular weight is 581 g/mol. The summed E-state index contributed by atoms with van der Waals surface area (Å²) in [7, 11) is 0. The summed E-state index contributed by atoms with van der Waals surface area (Å²) in [5.41, 5.74) is 7.55. The molecule has 29 heavy (non-hydrogen) atoms. The lowest BCUT2D eigenvalue weighted by Crippen LogP contribution is -2.37. The third-order valence-corrected chi connectivity index (χ3v) is 4.27. The molecule has 0 atom stereocenters. The van der Waals surface area contributed by atoms with E-state index in [4.69, 9.17) is 28.9 Å². The van der Waals surface area contributed by atoms with E-state index in [2.05, 4.69) is 44.0 Å². The van der Waals surface area contributed by atoms with Crippen LogP contribution in [-0.4, -0.2) is 30.5 Å². The zero-order valence-electron chi connectivity index (χ0n) is 15.3. The summed E-state index contributed by atoms with van der Waals surface area (Å²) >= 11 is 16.1. The van der Waals surface area contributed by atoms with Gasteiger partial charge in [-0.3, -0.25) is 4.79 Å². The van der Waals surface area contributed by atoms with Crippen LogP contribution < -0.4 is 11.1 Å². The molecule has 0 aliphatic carbocycles. The maximum atomic E-state index is 11.8. The number of nitrogens with two attached hydrogens (primary N) is 1. The predicted octanol–water partition coefficient (Wildman–Crippen LogP) is 6.04. The lowest BCUT2D eigenvalue weighted by atomic mass is 10.1. The Hall–Kier alpha value is -0.800. The van der Waals surface area contributed by atoms with Crippen LogP contribution in [0.1, 0.15) is 11.1 Å². The molecule has 0 saturated heterocycles. The van der Waals surface area contributed by atoms with Gasteiger partial charge in [0.25, 0.3) is 0 Å². The van der Waals surface area contributed by atoms with Crippen molar-refractivity contribution in [2.75, 3.05) is 18.4 Å². The van der Waals surface area contributed by atoms with Gasteiger partial charge >= 0.3 is 12.1 Å². The first kappa shape index (κ1) is 28.2. The van der Waals surface area contributed by atoms with Crippen LogP contribution in [0.25, 0.3) is 0 Å². The number of halogens is 7. The molecule has 3 N–H and O–H groups in total. The topological polar surface area (TPSA) is 55.1 Å². The molecule has 0 heterocycles. The number of hydrogen-bond acceptors (Lipinski definition) is 2. The highest BCUT2D eigenvalue weighted by molar-refractivity contribution is 9.10. The summed E-state index contributed by atoms with van der Waals surface area (Å²) in [6.07, 6.45) is -3.47. The van der Waals surface area contributed by atoms with Gasteiger partial charge in [0.1, 0.15) is 0 Å². The molecule has 1 amide bonds. The molecule has 0 aromatic heterocycles. The fraction of sp³-hybridized carbons (Fsp3) is 0.316. The molecule has 3 nitrogen and oxygen atoms in total. The molecule has 0 bridgehead atoms. The quantitative estimate of drug-likeness (QED) is 0.424. The summed E-state index contributed by atoms with van der Waals surface area (Å²) in [5.74, 6) is -1.90. The minimum absolute atomic E-state index is 0.0278. The first-order valence-electron chi connectivity index (χ1n) is 8.30. The van der Waals surface area contributed by atoms with E-state index in [1.54, 1.807) is 24.3 Å². The molecule has 2 rings (SSSR count). The second kappa shape index (κ2) is 16.0. The Morgan fingerprint density at radius 3 is 1.62 bits per heavy atom. The molecule has 0 radical (unpaired) electrons. The van der Waals surface area contributed by atoms with Crippen molar-refractivity contribution in [1.29, 1.82) is 0 Å². The fourth-order valence-electron chi connectivity index (χ4n) is 1.89. The van der Waals surface area contributed by atoms with E-state index >= 15 is 0 Å². The molecule has 0 fully saturated rings. The predicted molar refractivity (Wildman–Crippen MR) is 120 cm³/mol. The highest BCUT2D eigenvalue weighted by Crippen LogP contribution is 2.14. The number of benzene rings is 2. The molecule has 0 spiro atoms. The van der Waals surface area contributed by atoms with Crippen LogP contribution in [0.15, 0.2) is 57.5 Å². The molecule has 2 aromatic rings. The van der Waals surface area contributed by atoms with Gasteiger partial charge in [-0.05, 0) is 54.8 Å². The number of alkyl halides is 5. The van der Waals surface area contributed by atoms with Crippen LogP contribution in [0.5, 0.6) is 0 Å². The van der Waals surface area contributed by atoms with Crippen molar-refractivity contribution < 1.29 is 18.0 Å². The van der Waals surface area contributed by atoms with Crippen LogP contribution in [-0.2, 0) is 17.6 Å². The SMILES string of the molecule is ClCCl.NCCc1ccc(Br)cc1.O=C(NCCc1ccc(Br)cc1)C(F)(F)F. The lowest BCUT2D eigenvalue weighted by Gasteiger charge is -2.07. The van der Waals surface area contributed by atoms with Crippen molar-refractivity contribution in [2.24, 2.45) is 5.73 Å². The Bertz CT molecular complexity index is 700. The summed E-state index contributed by atoms with van der Waals surface area (Å²) in [6.45, 7) is 0.696. The number of hydrogen-bond donors (Lipinski definition) is 2. The Morgan fingerprint density at radius 2 is 1.28 bits per heavy atom. The normalized spacial score (nSPS) is 10.2. The Labute approximate surface area is 195 Å². The van der Waals surface area contributed by atoms with E-state index in [9.17, 15) is 18.0 Å². The third-order valence-electron chi connectivity index (χ3n) is 3.22. The molecule has 0 aliphatic heterocycles. The van der Waals surface area contributed by atoms with Crippen LogP contribution in [0.4, 0.5) is 13.2 Å². The fourth-order valence-corrected chi connectivity index (χ4v) is 2.42. The van der Waals surface area contributed by atoms with Crippen molar-refractivity contribution >= 4 is 61.0 Å². The Balaban J connectivity index is 0.000000514. The van der Waals surface area contributed by atoms with E-state index < -0.39 is 12.1 Å². The van der Waals surface area contributed by atoms with Crippen molar-refractivity contribution in [3.8, 4) is 0 Å². The highest BCUT2D eigenvalue weighted by Gasteiger charge is 2.38. The van der Waals surface area contributed by atoms with E-state index in [0.29, 0.717) is 6.42 Å². The van der Waals surface area contributed by atoms with Gasteiger partial charge in [-0.25, -0.2) is 0 Å². The third kappa shape index (κ3) is 14.8. The van der Waals surface area contributed by atoms with Gasteiger partial charge < -0.3 is 11.1 Å². The maximum Gasteiger partial charge on any atom is 0.471 e. The first-order valence-corrected chi connectivity index (χ1v) is 11.0. The zero-order valence-corrected chi connectivity index (χ0v) is 20.0. The molecule has 0 saturated carbocycles. The van der Waals surface area contributed by atoms with Crippen LogP contribution >= 0.6 is 55.1 Å². The standard InChI is InChI=1S/C10H9BrF3NO.C8H10BrN.CH2Cl2/c11-8-3-1-7(2-4-8)5-6-15-9(16)10(12,13)14;9-8-3-1-7(2-4-8)5-6-10;2-1-3/h1-4H,5-6H2,(H,15,16);1-4H,5-6,10H2;1H2. The van der Waals surface area contributed by atoms with Gasteiger partial charge in [0.15, 0.2) is 0 Å². The van der Waals surface area contributed by atoms with E-state index in [1.807, 2.05) is 17.4 Å². The molecule has 2 aromatic carbocycles. The van der Waals surface area contributed by atoms with Crippen LogP contribution in [0.3, 0.4) is 0 Å². The average Bonchev–Trinajstić information content (AvgIpc) is 2.66. The van der Waals surface area contributed by atoms with E-state index in [-0.39, 0.29) is 11.9 Å². The van der Waals surface area contributed by atoms with Crippen LogP contribution in [0.2, 0.25) is 0 Å². The molecule has 0 unspecified atom stereocenters. The van der Waals surface area contributed by atoms with Gasteiger partial charge in [0.05, 0.1) is 5.34 Å². The first-order chi connectivity index (χ1) is 13.6. The molecule has 162 valence electrons. The maximum absolute atomic E-state index is 11.8. The van der Waals surface area contributed by atoms with E-state index in [0.717, 1.165) is 27.5 Å². The second-order valence-electron chi connectivity index (χ2n) is 5.40. The van der Waals surface area contributed by atoms with Gasteiger partial charge in [-0.2, -0.15) is 13.2 Å². The number of nitrogens with one attached hydrogen (secondary N) is 1. The minimum Gasteiger partial charge on any atom is -0.348 e. The van der Waals surface area contributed by atoms with Gasteiger partial charge in [-0.1, -0.05) is 56.1 Å². The minimum atomic E-state index is -4.81. The summed E-state index contributed by atoms with van der Waals surface area (Å²) in [4.78, 5) is 10.5. The van der Waals surface area contributed by atoms with E-state index in [1.165, 1.54) is 5.56 Å². The highest BCUT2D eigenvalue weighted by atomic mass is 79.9. The Kier molecular flexibility index (Phi) is 15.5. The van der Waals surface area contributed by atoms with Crippen molar-refractivity contribution in [1.82, 2.24) is 5.32 Å². The van der Waals surface area contributed by atoms with Crippen molar-refractivity contribution in [2.45, 2.75) is 19.0 Å². The molecule has 0 aliphatic rings. The number of carbonyl (C=O) groups excluding carboxylic acids is 1. The lowest BCUT2D eigenvalue weighted by molar-refractivity contribution is -0.173. The van der Waals surface area contributed by atoms with Gasteiger partial charge in [0, 0.05) is 15.5 Å². The molecule has 10 heteroatoms.